The van der Waals surface area contributed by atoms with Crippen molar-refractivity contribution in [2.45, 2.75) is 26.9 Å². The topological polar surface area (TPSA) is 94.4 Å². The van der Waals surface area contributed by atoms with Crippen LogP contribution >= 0.6 is 0 Å². The number of para-hydroxylation sites is 2. The van der Waals surface area contributed by atoms with Crippen LogP contribution in [0, 0.1) is 13.8 Å². The van der Waals surface area contributed by atoms with Gasteiger partial charge in [-0.1, -0.05) is 29.4 Å². The zero-order chi connectivity index (χ0) is 24.1. The van der Waals surface area contributed by atoms with Crippen molar-refractivity contribution in [3.63, 3.8) is 0 Å². The summed E-state index contributed by atoms with van der Waals surface area (Å²) in [5.41, 5.74) is 3.85. The van der Waals surface area contributed by atoms with Crippen LogP contribution in [0.1, 0.15) is 23.0 Å². The predicted octanol–water partition coefficient (Wildman–Crippen LogP) is 3.88. The molecule has 0 amide bonds. The van der Waals surface area contributed by atoms with Crippen molar-refractivity contribution in [1.29, 1.82) is 0 Å². The lowest BCUT2D eigenvalue weighted by atomic mass is 10.2. The second kappa shape index (κ2) is 8.05. The molecule has 0 atom stereocenters. The van der Waals surface area contributed by atoms with Crippen LogP contribution in [-0.4, -0.2) is 36.4 Å². The predicted molar refractivity (Wildman–Crippen MR) is 134 cm³/mol. The van der Waals surface area contributed by atoms with E-state index >= 15 is 0 Å². The summed E-state index contributed by atoms with van der Waals surface area (Å²) in [6, 6.07) is 19.2. The molecule has 0 aliphatic rings. The Morgan fingerprint density at radius 2 is 1.71 bits per heavy atom. The Kier molecular flexibility index (Phi) is 4.84. The van der Waals surface area contributed by atoms with Gasteiger partial charge in [-0.15, -0.1) is 0 Å². The first-order chi connectivity index (χ1) is 17.0. The van der Waals surface area contributed by atoms with E-state index in [-0.39, 0.29) is 12.1 Å². The number of nitrogens with zero attached hydrogens (tertiary/aromatic N) is 7. The van der Waals surface area contributed by atoms with Crippen molar-refractivity contribution < 1.29 is 4.52 Å². The van der Waals surface area contributed by atoms with Gasteiger partial charge < -0.3 is 9.42 Å². The normalized spacial score (nSPS) is 11.6. The first-order valence-corrected chi connectivity index (χ1v) is 11.3. The van der Waals surface area contributed by atoms with E-state index in [1.807, 2.05) is 91.0 Å². The first kappa shape index (κ1) is 21.0. The highest BCUT2D eigenvalue weighted by Crippen LogP contribution is 2.25. The second-order valence-electron chi connectivity index (χ2n) is 8.74. The van der Waals surface area contributed by atoms with Crippen LogP contribution in [0.2, 0.25) is 0 Å². The van der Waals surface area contributed by atoms with Crippen LogP contribution in [0.3, 0.4) is 0 Å². The molecule has 0 radical (unpaired) electrons. The molecule has 2 aromatic carbocycles. The molecule has 4 heterocycles. The van der Waals surface area contributed by atoms with Gasteiger partial charge in [-0.3, -0.25) is 9.36 Å². The summed E-state index contributed by atoms with van der Waals surface area (Å²) in [6.45, 7) is 4.53. The Labute approximate surface area is 200 Å². The average molecular weight is 466 g/mol. The van der Waals surface area contributed by atoms with E-state index in [9.17, 15) is 4.79 Å². The third-order valence-corrected chi connectivity index (χ3v) is 6.06. The molecule has 9 heteroatoms. The summed E-state index contributed by atoms with van der Waals surface area (Å²) in [7, 11) is 1.96. The Bertz CT molecular complexity index is 1780. The maximum Gasteiger partial charge on any atom is 0.262 e. The molecule has 9 nitrogen and oxygen atoms in total. The number of hydrogen-bond donors (Lipinski definition) is 0. The van der Waals surface area contributed by atoms with Gasteiger partial charge in [-0.05, 0) is 38.1 Å². The van der Waals surface area contributed by atoms with Crippen LogP contribution < -0.4 is 10.5 Å². The average Bonchev–Trinajstić information content (AvgIpc) is 3.46. The largest absolute Gasteiger partial charge is 0.359 e. The number of fused-ring (bicyclic) bond motifs is 4. The zero-order valence-electron chi connectivity index (χ0n) is 19.6. The fraction of sp³-hybridized carbons (Fsp3) is 0.192. The van der Waals surface area contributed by atoms with Gasteiger partial charge in [0, 0.05) is 24.6 Å². The Morgan fingerprint density at radius 3 is 2.51 bits per heavy atom. The lowest BCUT2D eigenvalue weighted by Crippen LogP contribution is -2.25. The molecule has 0 aliphatic carbocycles. The highest BCUT2D eigenvalue weighted by Gasteiger charge is 2.17. The van der Waals surface area contributed by atoms with Crippen molar-refractivity contribution >= 4 is 33.3 Å². The van der Waals surface area contributed by atoms with E-state index in [1.54, 1.807) is 4.57 Å². The number of anilines is 1. The Hall–Kier alpha value is -4.53. The summed E-state index contributed by atoms with van der Waals surface area (Å²) in [4.78, 5) is 25.2. The summed E-state index contributed by atoms with van der Waals surface area (Å²) >= 11 is 0. The quantitative estimate of drug-likeness (QED) is 0.381. The maximum atomic E-state index is 13.5. The molecule has 0 saturated heterocycles. The molecule has 0 aliphatic heterocycles. The number of benzene rings is 2. The van der Waals surface area contributed by atoms with Gasteiger partial charge in [0.15, 0.2) is 11.6 Å². The number of aromatic nitrogens is 6. The summed E-state index contributed by atoms with van der Waals surface area (Å²) in [5, 5.41) is 10.1. The molecule has 6 rings (SSSR count). The Morgan fingerprint density at radius 1 is 0.943 bits per heavy atom. The monoisotopic (exact) mass is 465 g/mol. The molecule has 0 saturated carbocycles. The van der Waals surface area contributed by atoms with E-state index in [1.165, 1.54) is 0 Å². The van der Waals surface area contributed by atoms with Gasteiger partial charge in [-0.25, -0.2) is 14.5 Å². The van der Waals surface area contributed by atoms with Crippen molar-refractivity contribution in [2.75, 3.05) is 11.9 Å². The van der Waals surface area contributed by atoms with E-state index in [0.29, 0.717) is 23.4 Å². The number of hydrogen-bond acceptors (Lipinski definition) is 7. The minimum absolute atomic E-state index is 0.100. The molecule has 0 spiro atoms. The van der Waals surface area contributed by atoms with Gasteiger partial charge in [0.2, 0.25) is 0 Å². The molecular weight excluding hydrogens is 442 g/mol. The number of rotatable bonds is 5. The lowest BCUT2D eigenvalue weighted by molar-refractivity contribution is 0.379. The fourth-order valence-electron chi connectivity index (χ4n) is 4.51. The molecule has 174 valence electrons. The van der Waals surface area contributed by atoms with Gasteiger partial charge in [0.1, 0.15) is 11.5 Å². The van der Waals surface area contributed by atoms with E-state index in [4.69, 9.17) is 14.5 Å². The molecule has 0 N–H and O–H groups in total. The fourth-order valence-corrected chi connectivity index (χ4v) is 4.51. The SMILES string of the molecule is Cc1cc(CN(C)c2nc(Cn3c(=O)c4ccccc4n4nc(C)cc34)nc3ccccc23)on1. The standard InChI is InChI=1S/C26H23N7O2/c1-16-13-24-32(26(34)20-9-5-7-11-22(20)33(24)29-16)15-23-27-21-10-6-4-8-19(21)25(28-23)31(3)14-18-12-17(2)30-35-18/h4-13H,14-15H2,1-3H3. The third kappa shape index (κ3) is 3.61. The van der Waals surface area contributed by atoms with Crippen LogP contribution in [0.25, 0.3) is 27.5 Å². The summed E-state index contributed by atoms with van der Waals surface area (Å²) < 4.78 is 8.91. The zero-order valence-corrected chi connectivity index (χ0v) is 19.6. The molecule has 0 fully saturated rings. The molecule has 0 unspecified atom stereocenters. The van der Waals surface area contributed by atoms with E-state index in [0.717, 1.165) is 39.4 Å². The smallest absolute Gasteiger partial charge is 0.262 e. The van der Waals surface area contributed by atoms with Crippen molar-refractivity contribution in [2.24, 2.45) is 0 Å². The summed E-state index contributed by atoms with van der Waals surface area (Å²) in [6.07, 6.45) is 0. The lowest BCUT2D eigenvalue weighted by Gasteiger charge is -2.19. The van der Waals surface area contributed by atoms with Crippen LogP contribution in [0.15, 0.2) is 70.0 Å². The second-order valence-corrected chi connectivity index (χ2v) is 8.74. The summed E-state index contributed by atoms with van der Waals surface area (Å²) in [5.74, 6) is 2.04. The maximum absolute atomic E-state index is 13.5. The van der Waals surface area contributed by atoms with Crippen molar-refractivity contribution in [3.8, 4) is 0 Å². The van der Waals surface area contributed by atoms with Gasteiger partial charge in [0.05, 0.1) is 40.9 Å². The minimum atomic E-state index is -0.100. The van der Waals surface area contributed by atoms with Crippen LogP contribution in [0.4, 0.5) is 5.82 Å². The van der Waals surface area contributed by atoms with Gasteiger partial charge >= 0.3 is 0 Å². The first-order valence-electron chi connectivity index (χ1n) is 11.3. The van der Waals surface area contributed by atoms with E-state index < -0.39 is 0 Å². The molecule has 35 heavy (non-hydrogen) atoms. The highest BCUT2D eigenvalue weighted by molar-refractivity contribution is 5.89. The van der Waals surface area contributed by atoms with Crippen molar-refractivity contribution in [1.82, 2.24) is 29.3 Å². The van der Waals surface area contributed by atoms with E-state index in [2.05, 4.69) is 10.3 Å². The third-order valence-electron chi connectivity index (χ3n) is 6.06. The van der Waals surface area contributed by atoms with Crippen LogP contribution in [-0.2, 0) is 13.1 Å². The minimum Gasteiger partial charge on any atom is -0.359 e. The Balaban J connectivity index is 1.50. The molecule has 4 aromatic heterocycles. The van der Waals surface area contributed by atoms with Gasteiger partial charge in [-0.2, -0.15) is 5.10 Å². The molecule has 0 bridgehead atoms. The highest BCUT2D eigenvalue weighted by atomic mass is 16.5. The molecular formula is C26H23N7O2. The van der Waals surface area contributed by atoms with Gasteiger partial charge in [0.25, 0.3) is 5.56 Å². The number of aryl methyl sites for hydroxylation is 2. The van der Waals surface area contributed by atoms with Crippen LogP contribution in [0.5, 0.6) is 0 Å². The van der Waals surface area contributed by atoms with Crippen molar-refractivity contribution in [3.05, 3.63) is 94.0 Å². The molecule has 6 aromatic rings.